The number of halogens is 2. The van der Waals surface area contributed by atoms with Gasteiger partial charge >= 0.3 is 0 Å². The molecule has 2 nitrogen and oxygen atoms in total. The summed E-state index contributed by atoms with van der Waals surface area (Å²) in [6, 6.07) is 13.4. The summed E-state index contributed by atoms with van der Waals surface area (Å²) in [5.41, 5.74) is 3.31. The molecule has 0 saturated heterocycles. The first kappa shape index (κ1) is 14.6. The van der Waals surface area contributed by atoms with Gasteiger partial charge in [-0.05, 0) is 35.7 Å². The van der Waals surface area contributed by atoms with Crippen molar-refractivity contribution in [3.8, 4) is 0 Å². The molecule has 0 aliphatic carbocycles. The molecule has 1 heterocycles. The zero-order chi connectivity index (χ0) is 14.8. The lowest BCUT2D eigenvalue weighted by Gasteiger charge is -2.28. The van der Waals surface area contributed by atoms with Crippen LogP contribution in [0.5, 0.6) is 0 Å². The van der Waals surface area contributed by atoms with Gasteiger partial charge in [-0.1, -0.05) is 47.5 Å². The van der Waals surface area contributed by atoms with Crippen LogP contribution >= 0.6 is 23.2 Å². The van der Waals surface area contributed by atoms with Crippen LogP contribution in [0.3, 0.4) is 0 Å². The van der Waals surface area contributed by atoms with E-state index < -0.39 is 0 Å². The van der Waals surface area contributed by atoms with Crippen LogP contribution in [0.2, 0.25) is 10.0 Å². The van der Waals surface area contributed by atoms with Crippen molar-refractivity contribution in [2.75, 3.05) is 13.1 Å². The summed E-state index contributed by atoms with van der Waals surface area (Å²) < 4.78 is 0. The van der Waals surface area contributed by atoms with Crippen LogP contribution < -0.4 is 0 Å². The number of nitrogens with zero attached hydrogens (tertiary/aromatic N) is 1. The Balaban J connectivity index is 1.70. The number of benzene rings is 2. The zero-order valence-electron chi connectivity index (χ0n) is 11.5. The summed E-state index contributed by atoms with van der Waals surface area (Å²) in [4.78, 5) is 14.5. The maximum Gasteiger partial charge on any atom is 0.176 e. The minimum Gasteiger partial charge on any atom is -0.293 e. The summed E-state index contributed by atoms with van der Waals surface area (Å²) in [6.07, 6.45) is 0.991. The van der Waals surface area contributed by atoms with Crippen molar-refractivity contribution in [3.63, 3.8) is 0 Å². The van der Waals surface area contributed by atoms with E-state index in [4.69, 9.17) is 23.2 Å². The summed E-state index contributed by atoms with van der Waals surface area (Å²) in [6.45, 7) is 2.14. The van der Waals surface area contributed by atoms with Crippen LogP contribution in [0, 0.1) is 0 Å². The number of fused-ring (bicyclic) bond motifs is 1. The van der Waals surface area contributed by atoms with Crippen LogP contribution in [0.15, 0.2) is 42.5 Å². The molecule has 3 rings (SSSR count). The Morgan fingerprint density at radius 3 is 2.57 bits per heavy atom. The highest BCUT2D eigenvalue weighted by Crippen LogP contribution is 2.23. The van der Waals surface area contributed by atoms with Crippen LogP contribution in [0.1, 0.15) is 21.5 Å². The molecule has 0 spiro atoms. The maximum atomic E-state index is 12.3. The van der Waals surface area contributed by atoms with Gasteiger partial charge in [0.2, 0.25) is 0 Å². The molecular weight excluding hydrogens is 305 g/mol. The fourth-order valence-corrected chi connectivity index (χ4v) is 2.95. The van der Waals surface area contributed by atoms with Gasteiger partial charge in [-0.15, -0.1) is 0 Å². The molecule has 0 aromatic heterocycles. The third-order valence-electron chi connectivity index (χ3n) is 3.82. The van der Waals surface area contributed by atoms with E-state index in [0.717, 1.165) is 19.5 Å². The lowest BCUT2D eigenvalue weighted by molar-refractivity contribution is 0.0921. The van der Waals surface area contributed by atoms with Crippen molar-refractivity contribution in [1.29, 1.82) is 0 Å². The molecule has 0 fully saturated rings. The average molecular weight is 320 g/mol. The smallest absolute Gasteiger partial charge is 0.176 e. The third kappa shape index (κ3) is 3.29. The number of Topliss-reactive ketones (excluding diaryl/α,β-unsaturated/α-hetero) is 1. The normalized spacial score (nSPS) is 14.8. The predicted octanol–water partition coefficient (Wildman–Crippen LogP) is 4.23. The summed E-state index contributed by atoms with van der Waals surface area (Å²) in [7, 11) is 0. The van der Waals surface area contributed by atoms with Crippen molar-refractivity contribution in [2.24, 2.45) is 0 Å². The van der Waals surface area contributed by atoms with Gasteiger partial charge in [0.05, 0.1) is 16.6 Å². The predicted molar refractivity (Wildman–Crippen MR) is 86.2 cm³/mol. The van der Waals surface area contributed by atoms with Crippen molar-refractivity contribution < 1.29 is 4.79 Å². The van der Waals surface area contributed by atoms with Crippen molar-refractivity contribution in [2.45, 2.75) is 13.0 Å². The molecular formula is C17H15Cl2NO. The molecule has 2 aromatic carbocycles. The Hall–Kier alpha value is -1.35. The zero-order valence-corrected chi connectivity index (χ0v) is 13.0. The lowest BCUT2D eigenvalue weighted by atomic mass is 9.99. The van der Waals surface area contributed by atoms with E-state index in [2.05, 4.69) is 23.1 Å². The number of ketones is 1. The van der Waals surface area contributed by atoms with Gasteiger partial charge in [0.25, 0.3) is 0 Å². The molecule has 108 valence electrons. The first-order valence-corrected chi connectivity index (χ1v) is 7.66. The van der Waals surface area contributed by atoms with Crippen LogP contribution in [0.25, 0.3) is 0 Å². The fraction of sp³-hybridized carbons (Fsp3) is 0.235. The SMILES string of the molecule is O=C(CN1CCc2ccccc2C1)c1ccc(Cl)c(Cl)c1. The molecule has 4 heteroatoms. The Labute approximate surface area is 134 Å². The quantitative estimate of drug-likeness (QED) is 0.789. The number of hydrogen-bond acceptors (Lipinski definition) is 2. The average Bonchev–Trinajstić information content (AvgIpc) is 2.50. The highest BCUT2D eigenvalue weighted by molar-refractivity contribution is 6.42. The van der Waals surface area contributed by atoms with Crippen molar-refractivity contribution in [1.82, 2.24) is 4.90 Å². The molecule has 0 saturated carbocycles. The summed E-state index contributed by atoms with van der Waals surface area (Å²) in [5, 5.41) is 0.895. The molecule has 0 N–H and O–H groups in total. The van der Waals surface area contributed by atoms with E-state index >= 15 is 0 Å². The van der Waals surface area contributed by atoms with E-state index in [1.807, 2.05) is 6.07 Å². The second-order valence-corrected chi connectivity index (χ2v) is 6.10. The first-order chi connectivity index (χ1) is 10.1. The second-order valence-electron chi connectivity index (χ2n) is 5.28. The van der Waals surface area contributed by atoms with Gasteiger partial charge in [0, 0.05) is 18.7 Å². The topological polar surface area (TPSA) is 20.3 Å². The van der Waals surface area contributed by atoms with E-state index in [1.165, 1.54) is 11.1 Å². The minimum absolute atomic E-state index is 0.0768. The van der Waals surface area contributed by atoms with Crippen LogP contribution in [-0.4, -0.2) is 23.8 Å². The van der Waals surface area contributed by atoms with Gasteiger partial charge in [-0.25, -0.2) is 0 Å². The highest BCUT2D eigenvalue weighted by Gasteiger charge is 2.19. The first-order valence-electron chi connectivity index (χ1n) is 6.91. The molecule has 0 amide bonds. The Bertz CT molecular complexity index is 684. The standard InChI is InChI=1S/C17H15Cl2NO/c18-15-6-5-13(9-16(15)19)17(21)11-20-8-7-12-3-1-2-4-14(12)10-20/h1-6,9H,7-8,10-11H2. The minimum atomic E-state index is 0.0768. The maximum absolute atomic E-state index is 12.3. The number of hydrogen-bond donors (Lipinski definition) is 0. The van der Waals surface area contributed by atoms with E-state index in [0.29, 0.717) is 22.2 Å². The van der Waals surface area contributed by atoms with Crippen molar-refractivity contribution in [3.05, 3.63) is 69.2 Å². The van der Waals surface area contributed by atoms with Crippen LogP contribution in [-0.2, 0) is 13.0 Å². The fourth-order valence-electron chi connectivity index (χ4n) is 2.65. The molecule has 1 aliphatic rings. The highest BCUT2D eigenvalue weighted by atomic mass is 35.5. The van der Waals surface area contributed by atoms with Gasteiger partial charge in [0.15, 0.2) is 5.78 Å². The molecule has 0 atom stereocenters. The molecule has 1 aliphatic heterocycles. The van der Waals surface area contributed by atoms with Crippen LogP contribution in [0.4, 0.5) is 0 Å². The van der Waals surface area contributed by atoms with Gasteiger partial charge < -0.3 is 0 Å². The largest absolute Gasteiger partial charge is 0.293 e. The molecule has 21 heavy (non-hydrogen) atoms. The van der Waals surface area contributed by atoms with E-state index in [-0.39, 0.29) is 5.78 Å². The number of rotatable bonds is 3. The monoisotopic (exact) mass is 319 g/mol. The molecule has 0 radical (unpaired) electrons. The second kappa shape index (κ2) is 6.18. The number of carbonyl (C=O) groups excluding carboxylic acids is 1. The van der Waals surface area contributed by atoms with Gasteiger partial charge in [-0.3, -0.25) is 9.69 Å². The molecule has 0 bridgehead atoms. The van der Waals surface area contributed by atoms with Gasteiger partial charge in [0.1, 0.15) is 0 Å². The summed E-state index contributed by atoms with van der Waals surface area (Å²) in [5.74, 6) is 0.0768. The Morgan fingerprint density at radius 1 is 1.05 bits per heavy atom. The van der Waals surface area contributed by atoms with Crippen molar-refractivity contribution >= 4 is 29.0 Å². The molecule has 0 unspecified atom stereocenters. The third-order valence-corrected chi connectivity index (χ3v) is 4.56. The lowest BCUT2D eigenvalue weighted by Crippen LogP contribution is -2.34. The van der Waals surface area contributed by atoms with Gasteiger partial charge in [-0.2, -0.15) is 0 Å². The number of carbonyl (C=O) groups is 1. The summed E-state index contributed by atoms with van der Waals surface area (Å²) >= 11 is 11.8. The van der Waals surface area contributed by atoms with E-state index in [9.17, 15) is 4.79 Å². The van der Waals surface area contributed by atoms with E-state index in [1.54, 1.807) is 18.2 Å². The Morgan fingerprint density at radius 2 is 1.81 bits per heavy atom. The molecule has 2 aromatic rings. The Kier molecular flexibility index (Phi) is 4.29.